The van der Waals surface area contributed by atoms with Gasteiger partial charge in [-0.2, -0.15) is 4.72 Å². The number of carbonyl (C=O) groups is 1. The van der Waals surface area contributed by atoms with Crippen LogP contribution in [0.5, 0.6) is 0 Å². The number of sulfonamides is 1. The molecule has 0 heterocycles. The highest BCUT2D eigenvalue weighted by atomic mass is 35.5. The summed E-state index contributed by atoms with van der Waals surface area (Å²) in [7, 11) is -4.07. The lowest BCUT2D eigenvalue weighted by molar-refractivity contribution is -0.119. The quantitative estimate of drug-likeness (QED) is 0.860. The molecule has 5 nitrogen and oxygen atoms in total. The number of benzene rings is 2. The summed E-state index contributed by atoms with van der Waals surface area (Å²) in [6, 6.07) is 11.1. The summed E-state index contributed by atoms with van der Waals surface area (Å²) in [5.41, 5.74) is 5.72. The Balaban J connectivity index is 2.41. The first-order valence-electron chi connectivity index (χ1n) is 6.13. The van der Waals surface area contributed by atoms with Crippen LogP contribution in [0.2, 0.25) is 10.0 Å². The average molecular weight is 359 g/mol. The number of primary amides is 1. The Morgan fingerprint density at radius 3 is 2.32 bits per heavy atom. The zero-order valence-electron chi connectivity index (χ0n) is 11.2. The SMILES string of the molecule is NC(=O)[C@@H](NS(=O)(=O)c1cc(Cl)ccc1Cl)c1ccccc1. The van der Waals surface area contributed by atoms with Gasteiger partial charge < -0.3 is 5.73 Å². The highest BCUT2D eigenvalue weighted by Crippen LogP contribution is 2.26. The maximum Gasteiger partial charge on any atom is 0.243 e. The van der Waals surface area contributed by atoms with E-state index in [1.165, 1.54) is 18.2 Å². The molecule has 0 saturated heterocycles. The summed E-state index contributed by atoms with van der Waals surface area (Å²) in [6.07, 6.45) is 0. The molecule has 0 fully saturated rings. The van der Waals surface area contributed by atoms with Crippen molar-refractivity contribution in [3.8, 4) is 0 Å². The van der Waals surface area contributed by atoms with Gasteiger partial charge in [0, 0.05) is 5.02 Å². The molecule has 0 saturated carbocycles. The van der Waals surface area contributed by atoms with Crippen LogP contribution in [-0.4, -0.2) is 14.3 Å². The van der Waals surface area contributed by atoms with E-state index in [2.05, 4.69) is 4.72 Å². The molecule has 1 atom stereocenters. The lowest BCUT2D eigenvalue weighted by Crippen LogP contribution is -2.37. The highest BCUT2D eigenvalue weighted by Gasteiger charge is 2.27. The average Bonchev–Trinajstić information content (AvgIpc) is 2.48. The van der Waals surface area contributed by atoms with E-state index in [0.717, 1.165) is 0 Å². The van der Waals surface area contributed by atoms with E-state index in [4.69, 9.17) is 28.9 Å². The number of carbonyl (C=O) groups excluding carboxylic acids is 1. The maximum atomic E-state index is 12.4. The Kier molecular flexibility index (Phi) is 5.08. The van der Waals surface area contributed by atoms with Gasteiger partial charge >= 0.3 is 0 Å². The predicted molar refractivity (Wildman–Crippen MR) is 85.2 cm³/mol. The fraction of sp³-hybridized carbons (Fsp3) is 0.0714. The first-order chi connectivity index (χ1) is 10.3. The molecular weight excluding hydrogens is 347 g/mol. The molecule has 0 radical (unpaired) electrons. The molecule has 0 aliphatic carbocycles. The highest BCUT2D eigenvalue weighted by molar-refractivity contribution is 7.89. The fourth-order valence-electron chi connectivity index (χ4n) is 1.84. The van der Waals surface area contributed by atoms with Crippen LogP contribution in [0.15, 0.2) is 53.4 Å². The van der Waals surface area contributed by atoms with E-state index in [1.54, 1.807) is 30.3 Å². The summed E-state index contributed by atoms with van der Waals surface area (Å²) < 4.78 is 27.1. The zero-order chi connectivity index (χ0) is 16.3. The molecule has 0 aliphatic rings. The van der Waals surface area contributed by atoms with Gasteiger partial charge in [0.25, 0.3) is 0 Å². The van der Waals surface area contributed by atoms with Gasteiger partial charge in [-0.25, -0.2) is 8.42 Å². The molecule has 1 amide bonds. The summed E-state index contributed by atoms with van der Waals surface area (Å²) in [5.74, 6) is -0.826. The number of halogens is 2. The summed E-state index contributed by atoms with van der Waals surface area (Å²) in [6.45, 7) is 0. The van der Waals surface area contributed by atoms with Gasteiger partial charge in [0.05, 0.1) is 5.02 Å². The minimum absolute atomic E-state index is 0.00631. The van der Waals surface area contributed by atoms with E-state index in [-0.39, 0.29) is 14.9 Å². The largest absolute Gasteiger partial charge is 0.368 e. The third-order valence-electron chi connectivity index (χ3n) is 2.87. The van der Waals surface area contributed by atoms with Gasteiger partial charge in [-0.3, -0.25) is 4.79 Å². The van der Waals surface area contributed by atoms with Crippen LogP contribution < -0.4 is 10.5 Å². The number of amides is 1. The third-order valence-corrected chi connectivity index (χ3v) is 5.01. The normalized spacial score (nSPS) is 12.8. The van der Waals surface area contributed by atoms with E-state index in [1.807, 2.05) is 0 Å². The van der Waals surface area contributed by atoms with Crippen molar-refractivity contribution in [1.29, 1.82) is 0 Å². The number of nitrogens with two attached hydrogens (primary N) is 1. The minimum atomic E-state index is -4.07. The van der Waals surface area contributed by atoms with Crippen molar-refractivity contribution in [3.63, 3.8) is 0 Å². The van der Waals surface area contributed by atoms with Gasteiger partial charge in [0.15, 0.2) is 0 Å². The maximum absolute atomic E-state index is 12.4. The molecule has 0 aromatic heterocycles. The Labute approximate surface area is 138 Å². The van der Waals surface area contributed by atoms with E-state index in [0.29, 0.717) is 5.56 Å². The summed E-state index contributed by atoms with van der Waals surface area (Å²) >= 11 is 11.7. The Hall–Kier alpha value is -1.60. The second-order valence-corrected chi connectivity index (χ2v) is 6.97. The van der Waals surface area contributed by atoms with Crippen LogP contribution in [0.25, 0.3) is 0 Å². The number of nitrogens with one attached hydrogen (secondary N) is 1. The molecule has 2 rings (SSSR count). The van der Waals surface area contributed by atoms with Crippen molar-refractivity contribution >= 4 is 39.1 Å². The second kappa shape index (κ2) is 6.66. The van der Waals surface area contributed by atoms with Crippen molar-refractivity contribution in [2.45, 2.75) is 10.9 Å². The zero-order valence-corrected chi connectivity index (χ0v) is 13.5. The van der Waals surface area contributed by atoms with Crippen molar-refractivity contribution in [2.75, 3.05) is 0 Å². The van der Waals surface area contributed by atoms with Gasteiger partial charge in [-0.05, 0) is 23.8 Å². The summed E-state index contributed by atoms with van der Waals surface area (Å²) in [4.78, 5) is 11.4. The molecular formula is C14H12Cl2N2O3S. The van der Waals surface area contributed by atoms with Crippen LogP contribution >= 0.6 is 23.2 Å². The smallest absolute Gasteiger partial charge is 0.243 e. The number of rotatable bonds is 5. The van der Waals surface area contributed by atoms with Crippen molar-refractivity contribution in [3.05, 3.63) is 64.1 Å². The molecule has 2 aromatic rings. The molecule has 2 aromatic carbocycles. The Morgan fingerprint density at radius 2 is 1.73 bits per heavy atom. The van der Waals surface area contributed by atoms with Crippen LogP contribution in [-0.2, 0) is 14.8 Å². The van der Waals surface area contributed by atoms with E-state index >= 15 is 0 Å². The molecule has 0 spiro atoms. The molecule has 116 valence electrons. The molecule has 8 heteroatoms. The van der Waals surface area contributed by atoms with Crippen LogP contribution in [0.3, 0.4) is 0 Å². The minimum Gasteiger partial charge on any atom is -0.368 e. The summed E-state index contributed by atoms with van der Waals surface area (Å²) in [5, 5.41) is 0.202. The predicted octanol–water partition coefficient (Wildman–Crippen LogP) is 2.50. The third kappa shape index (κ3) is 3.78. The topological polar surface area (TPSA) is 89.3 Å². The van der Waals surface area contributed by atoms with Gasteiger partial charge in [0.1, 0.15) is 10.9 Å². The van der Waals surface area contributed by atoms with Gasteiger partial charge in [0.2, 0.25) is 15.9 Å². The Morgan fingerprint density at radius 1 is 1.09 bits per heavy atom. The first-order valence-corrected chi connectivity index (χ1v) is 8.37. The molecule has 22 heavy (non-hydrogen) atoms. The standard InChI is InChI=1S/C14H12Cl2N2O3S/c15-10-6-7-11(16)12(8-10)22(20,21)18-13(14(17)19)9-4-2-1-3-5-9/h1-8,13,18H,(H2,17,19)/t13-/m0/s1. The first kappa shape index (κ1) is 16.8. The van der Waals surface area contributed by atoms with Crippen LogP contribution in [0.1, 0.15) is 11.6 Å². The molecule has 0 aliphatic heterocycles. The molecule has 0 bridgehead atoms. The number of hydrogen-bond acceptors (Lipinski definition) is 3. The lowest BCUT2D eigenvalue weighted by Gasteiger charge is -2.16. The monoisotopic (exact) mass is 358 g/mol. The van der Waals surface area contributed by atoms with Gasteiger partial charge in [-0.15, -0.1) is 0 Å². The van der Waals surface area contributed by atoms with Gasteiger partial charge in [-0.1, -0.05) is 53.5 Å². The van der Waals surface area contributed by atoms with Crippen LogP contribution in [0, 0.1) is 0 Å². The lowest BCUT2D eigenvalue weighted by atomic mass is 10.1. The Bertz CT molecular complexity index is 795. The fourth-order valence-corrected chi connectivity index (χ4v) is 3.79. The molecule has 3 N–H and O–H groups in total. The van der Waals surface area contributed by atoms with E-state index < -0.39 is 22.0 Å². The van der Waals surface area contributed by atoms with Crippen molar-refractivity contribution in [2.24, 2.45) is 5.73 Å². The number of hydrogen-bond donors (Lipinski definition) is 2. The molecule has 0 unspecified atom stereocenters. The van der Waals surface area contributed by atoms with E-state index in [9.17, 15) is 13.2 Å². The van der Waals surface area contributed by atoms with Crippen molar-refractivity contribution < 1.29 is 13.2 Å². The van der Waals surface area contributed by atoms with Crippen LogP contribution in [0.4, 0.5) is 0 Å². The van der Waals surface area contributed by atoms with Crippen molar-refractivity contribution in [1.82, 2.24) is 4.72 Å². The second-order valence-electron chi connectivity index (χ2n) is 4.44.